The Balaban J connectivity index is 1.61. The van der Waals surface area contributed by atoms with Crippen LogP contribution < -0.4 is 5.32 Å². The van der Waals surface area contributed by atoms with Gasteiger partial charge in [-0.3, -0.25) is 4.79 Å². The Morgan fingerprint density at radius 1 is 1.50 bits per heavy atom. The third-order valence-electron chi connectivity index (χ3n) is 3.63. The molecule has 1 saturated heterocycles. The Morgan fingerprint density at radius 2 is 2.30 bits per heavy atom. The van der Waals surface area contributed by atoms with E-state index in [9.17, 15) is 4.79 Å². The number of carbonyl (C=O) groups excluding carboxylic acids is 1. The molecular weight excluding hydrogens is 274 g/mol. The topological polar surface area (TPSA) is 73.9 Å². The molecule has 20 heavy (non-hydrogen) atoms. The van der Waals surface area contributed by atoms with Gasteiger partial charge in [0.25, 0.3) is 5.91 Å². The van der Waals surface area contributed by atoms with Crippen molar-refractivity contribution < 1.29 is 4.79 Å². The highest BCUT2D eigenvalue weighted by molar-refractivity contribution is 7.13. The average Bonchev–Trinajstić information content (AvgIpc) is 3.18. The summed E-state index contributed by atoms with van der Waals surface area (Å²) < 4.78 is 0. The number of aromatic nitrogens is 3. The van der Waals surface area contributed by atoms with Gasteiger partial charge in [0.1, 0.15) is 11.5 Å². The molecule has 2 N–H and O–H groups in total. The summed E-state index contributed by atoms with van der Waals surface area (Å²) >= 11 is 1.46. The molecule has 7 heteroatoms. The molecule has 0 aromatic carbocycles. The fraction of sp³-hybridized carbons (Fsp3) is 0.462. The quantitative estimate of drug-likeness (QED) is 0.906. The van der Waals surface area contributed by atoms with Crippen LogP contribution in [0.15, 0.2) is 17.8 Å². The Hall–Kier alpha value is -1.89. The Kier molecular flexibility index (Phi) is 3.68. The van der Waals surface area contributed by atoms with Gasteiger partial charge in [-0.2, -0.15) is 0 Å². The number of anilines is 1. The monoisotopic (exact) mass is 291 g/mol. The summed E-state index contributed by atoms with van der Waals surface area (Å²) in [5.74, 6) is 1.49. The van der Waals surface area contributed by atoms with Crippen LogP contribution in [-0.2, 0) is 0 Å². The van der Waals surface area contributed by atoms with E-state index in [2.05, 4.69) is 20.3 Å². The number of rotatable bonds is 3. The smallest absolute Gasteiger partial charge is 0.273 e. The molecule has 106 valence electrons. The number of nitrogens with zero attached hydrogens (tertiary/aromatic N) is 3. The number of aromatic amines is 1. The lowest BCUT2D eigenvalue weighted by molar-refractivity contribution is 0.0706. The van der Waals surface area contributed by atoms with E-state index in [1.54, 1.807) is 6.20 Å². The van der Waals surface area contributed by atoms with Crippen molar-refractivity contribution in [3.63, 3.8) is 0 Å². The number of likely N-dealkylation sites (tertiary alicyclic amines) is 1. The van der Waals surface area contributed by atoms with Crippen molar-refractivity contribution in [2.45, 2.75) is 18.8 Å². The zero-order valence-corrected chi connectivity index (χ0v) is 12.1. The van der Waals surface area contributed by atoms with Crippen LogP contribution in [0.4, 0.5) is 5.13 Å². The van der Waals surface area contributed by atoms with Gasteiger partial charge in [0.15, 0.2) is 5.13 Å². The third kappa shape index (κ3) is 2.53. The van der Waals surface area contributed by atoms with Gasteiger partial charge in [0, 0.05) is 43.8 Å². The first kappa shape index (κ1) is 13.1. The first-order valence-corrected chi connectivity index (χ1v) is 7.57. The normalized spacial score (nSPS) is 16.4. The van der Waals surface area contributed by atoms with Gasteiger partial charge in [-0.15, -0.1) is 11.3 Å². The van der Waals surface area contributed by atoms with E-state index >= 15 is 0 Å². The fourth-order valence-electron chi connectivity index (χ4n) is 2.51. The summed E-state index contributed by atoms with van der Waals surface area (Å²) in [7, 11) is 1.81. The van der Waals surface area contributed by atoms with Crippen LogP contribution >= 0.6 is 11.3 Å². The number of hydrogen-bond donors (Lipinski definition) is 2. The summed E-state index contributed by atoms with van der Waals surface area (Å²) in [6.07, 6.45) is 5.52. The predicted molar refractivity (Wildman–Crippen MR) is 78.1 cm³/mol. The van der Waals surface area contributed by atoms with E-state index in [0.29, 0.717) is 11.6 Å². The van der Waals surface area contributed by atoms with Gasteiger partial charge < -0.3 is 15.2 Å². The first-order chi connectivity index (χ1) is 9.78. The number of piperidine rings is 1. The van der Waals surface area contributed by atoms with E-state index in [1.807, 2.05) is 23.5 Å². The van der Waals surface area contributed by atoms with Gasteiger partial charge in [-0.05, 0) is 12.8 Å². The van der Waals surface area contributed by atoms with Crippen molar-refractivity contribution in [3.8, 4) is 0 Å². The molecule has 0 radical (unpaired) electrons. The van der Waals surface area contributed by atoms with Crippen LogP contribution in [0.5, 0.6) is 0 Å². The molecule has 3 heterocycles. The van der Waals surface area contributed by atoms with Crippen LogP contribution in [-0.4, -0.2) is 45.9 Å². The number of amides is 1. The maximum Gasteiger partial charge on any atom is 0.273 e. The molecule has 1 fully saturated rings. The van der Waals surface area contributed by atoms with Crippen molar-refractivity contribution in [1.29, 1.82) is 0 Å². The lowest BCUT2D eigenvalue weighted by Gasteiger charge is -2.30. The second-order valence-corrected chi connectivity index (χ2v) is 5.69. The van der Waals surface area contributed by atoms with Crippen LogP contribution in [0.25, 0.3) is 0 Å². The van der Waals surface area contributed by atoms with E-state index in [1.165, 1.54) is 11.3 Å². The molecule has 1 amide bonds. The minimum atomic E-state index is 0.0284. The number of hydrogen-bond acceptors (Lipinski definition) is 5. The molecular formula is C13H17N5OS. The molecule has 2 aromatic heterocycles. The van der Waals surface area contributed by atoms with Crippen LogP contribution in [0.3, 0.4) is 0 Å². The van der Waals surface area contributed by atoms with Crippen molar-refractivity contribution in [2.24, 2.45) is 0 Å². The Bertz CT molecular complexity index is 571. The zero-order valence-electron chi connectivity index (χ0n) is 11.3. The molecule has 0 bridgehead atoms. The molecule has 3 rings (SSSR count). The standard InChI is InChI=1S/C13H17N5OS/c1-14-13-17-10(8-20-13)12(19)18-6-2-9(3-7-18)11-15-4-5-16-11/h4-5,8-9H,2-3,6-7H2,1H3,(H,14,17)(H,15,16). The molecule has 0 saturated carbocycles. The Morgan fingerprint density at radius 3 is 2.90 bits per heavy atom. The zero-order chi connectivity index (χ0) is 13.9. The molecule has 0 aliphatic carbocycles. The number of carbonyl (C=O) groups is 1. The molecule has 0 atom stereocenters. The second-order valence-electron chi connectivity index (χ2n) is 4.83. The van der Waals surface area contributed by atoms with E-state index in [0.717, 1.165) is 36.9 Å². The number of imidazole rings is 1. The van der Waals surface area contributed by atoms with Crippen LogP contribution in [0.2, 0.25) is 0 Å². The highest BCUT2D eigenvalue weighted by atomic mass is 32.1. The molecule has 6 nitrogen and oxygen atoms in total. The molecule has 0 spiro atoms. The SMILES string of the molecule is CNc1nc(C(=O)N2CCC(c3ncc[nH]3)CC2)cs1. The fourth-order valence-corrected chi connectivity index (χ4v) is 3.15. The maximum atomic E-state index is 12.3. The lowest BCUT2D eigenvalue weighted by atomic mass is 9.96. The average molecular weight is 291 g/mol. The minimum Gasteiger partial charge on any atom is -0.365 e. The van der Waals surface area contributed by atoms with Gasteiger partial charge in [0.05, 0.1) is 0 Å². The summed E-state index contributed by atoms with van der Waals surface area (Å²) in [4.78, 5) is 26.0. The van der Waals surface area contributed by atoms with Crippen molar-refractivity contribution in [1.82, 2.24) is 19.9 Å². The summed E-state index contributed by atoms with van der Waals surface area (Å²) in [6.45, 7) is 1.52. The van der Waals surface area contributed by atoms with Gasteiger partial charge in [-0.25, -0.2) is 9.97 Å². The second kappa shape index (κ2) is 5.62. The van der Waals surface area contributed by atoms with E-state index in [-0.39, 0.29) is 5.91 Å². The third-order valence-corrected chi connectivity index (χ3v) is 4.49. The maximum absolute atomic E-state index is 12.3. The van der Waals surface area contributed by atoms with Crippen LogP contribution in [0.1, 0.15) is 35.1 Å². The summed E-state index contributed by atoms with van der Waals surface area (Å²) in [6, 6.07) is 0. The van der Waals surface area contributed by atoms with E-state index in [4.69, 9.17) is 0 Å². The van der Waals surface area contributed by atoms with Crippen molar-refractivity contribution >= 4 is 22.4 Å². The van der Waals surface area contributed by atoms with Crippen LogP contribution in [0, 0.1) is 0 Å². The van der Waals surface area contributed by atoms with Gasteiger partial charge in [-0.1, -0.05) is 0 Å². The number of nitrogens with one attached hydrogen (secondary N) is 2. The minimum absolute atomic E-state index is 0.0284. The molecule has 0 unspecified atom stereocenters. The molecule has 1 aliphatic heterocycles. The van der Waals surface area contributed by atoms with Crippen molar-refractivity contribution in [2.75, 3.05) is 25.5 Å². The highest BCUT2D eigenvalue weighted by Gasteiger charge is 2.26. The summed E-state index contributed by atoms with van der Waals surface area (Å²) in [5.41, 5.74) is 0.538. The lowest BCUT2D eigenvalue weighted by Crippen LogP contribution is -2.38. The van der Waals surface area contributed by atoms with Gasteiger partial charge >= 0.3 is 0 Å². The number of H-pyrrole nitrogens is 1. The largest absolute Gasteiger partial charge is 0.365 e. The predicted octanol–water partition coefficient (Wildman–Crippen LogP) is 1.93. The molecule has 1 aliphatic rings. The number of thiazole rings is 1. The highest BCUT2D eigenvalue weighted by Crippen LogP contribution is 2.26. The first-order valence-electron chi connectivity index (χ1n) is 6.69. The van der Waals surface area contributed by atoms with Crippen molar-refractivity contribution in [3.05, 3.63) is 29.3 Å². The summed E-state index contributed by atoms with van der Waals surface area (Å²) in [5, 5.41) is 5.54. The van der Waals surface area contributed by atoms with Gasteiger partial charge in [0.2, 0.25) is 0 Å². The molecule has 2 aromatic rings. The Labute approximate surface area is 121 Å². The van der Waals surface area contributed by atoms with E-state index < -0.39 is 0 Å².